The van der Waals surface area contributed by atoms with Crippen LogP contribution in [0.5, 0.6) is 0 Å². The Balaban J connectivity index is 1.26. The molecule has 0 spiro atoms. The van der Waals surface area contributed by atoms with Crippen LogP contribution >= 0.6 is 0 Å². The van der Waals surface area contributed by atoms with Crippen LogP contribution in [-0.4, -0.2) is 19.5 Å². The largest absolute Gasteiger partial charge is 0.278 e. The summed E-state index contributed by atoms with van der Waals surface area (Å²) in [5.74, 6) is 1.88. The van der Waals surface area contributed by atoms with Gasteiger partial charge in [0.25, 0.3) is 0 Å². The molecule has 2 heterocycles. The minimum Gasteiger partial charge on any atom is -0.278 e. The number of benzene rings is 8. The maximum Gasteiger partial charge on any atom is 0.238 e. The first-order chi connectivity index (χ1) is 23.3. The van der Waals surface area contributed by atoms with Gasteiger partial charge in [-0.15, -0.1) is 0 Å². The normalized spacial score (nSPS) is 11.8. The maximum absolute atomic E-state index is 5.23. The van der Waals surface area contributed by atoms with Gasteiger partial charge in [0.05, 0.1) is 11.0 Å². The van der Waals surface area contributed by atoms with Crippen LogP contribution in [-0.2, 0) is 0 Å². The van der Waals surface area contributed by atoms with Crippen molar-refractivity contribution in [2.24, 2.45) is 0 Å². The fourth-order valence-electron chi connectivity index (χ4n) is 7.14. The van der Waals surface area contributed by atoms with E-state index < -0.39 is 0 Å². The molecule has 0 saturated heterocycles. The summed E-state index contributed by atoms with van der Waals surface area (Å²) in [6.07, 6.45) is 0. The van der Waals surface area contributed by atoms with Crippen LogP contribution in [0.1, 0.15) is 0 Å². The molecule has 0 radical (unpaired) electrons. The summed E-state index contributed by atoms with van der Waals surface area (Å²) >= 11 is 0. The van der Waals surface area contributed by atoms with Crippen molar-refractivity contribution in [1.29, 1.82) is 0 Å². The van der Waals surface area contributed by atoms with Crippen molar-refractivity contribution in [2.75, 3.05) is 0 Å². The molecule has 2 aromatic heterocycles. The van der Waals surface area contributed by atoms with Crippen molar-refractivity contribution >= 4 is 64.9 Å². The van der Waals surface area contributed by atoms with Gasteiger partial charge in [0, 0.05) is 21.9 Å². The third-order valence-electron chi connectivity index (χ3n) is 9.40. The van der Waals surface area contributed by atoms with Crippen molar-refractivity contribution in [3.05, 3.63) is 158 Å². The van der Waals surface area contributed by atoms with Crippen LogP contribution in [0, 0.1) is 0 Å². The molecular formula is C43H26N4. The quantitative estimate of drug-likeness (QED) is 0.190. The molecule has 0 atom stereocenters. The molecule has 0 aliphatic heterocycles. The van der Waals surface area contributed by atoms with Crippen LogP contribution in [0.4, 0.5) is 0 Å². The predicted molar refractivity (Wildman–Crippen MR) is 195 cm³/mol. The topological polar surface area (TPSA) is 43.6 Å². The first-order valence-electron chi connectivity index (χ1n) is 15.9. The molecule has 0 fully saturated rings. The number of hydrogen-bond donors (Lipinski definition) is 0. The molecule has 0 aliphatic rings. The Morgan fingerprint density at radius 1 is 0.319 bits per heavy atom. The summed E-state index contributed by atoms with van der Waals surface area (Å²) in [6, 6.07) is 55.7. The first kappa shape index (κ1) is 25.9. The van der Waals surface area contributed by atoms with Gasteiger partial charge in [-0.1, -0.05) is 133 Å². The summed E-state index contributed by atoms with van der Waals surface area (Å²) in [6.45, 7) is 0. The van der Waals surface area contributed by atoms with E-state index in [0.717, 1.165) is 22.2 Å². The molecule has 0 bridgehead atoms. The Morgan fingerprint density at radius 2 is 0.915 bits per heavy atom. The van der Waals surface area contributed by atoms with Crippen molar-refractivity contribution in [2.45, 2.75) is 0 Å². The third-order valence-corrected chi connectivity index (χ3v) is 9.40. The Hall–Kier alpha value is -6.39. The van der Waals surface area contributed by atoms with Gasteiger partial charge in [-0.2, -0.15) is 9.97 Å². The molecule has 10 aromatic rings. The van der Waals surface area contributed by atoms with E-state index >= 15 is 0 Å². The molecule has 0 aliphatic carbocycles. The lowest BCUT2D eigenvalue weighted by molar-refractivity contribution is 0.954. The highest BCUT2D eigenvalue weighted by atomic mass is 15.2. The second kappa shape index (κ2) is 10.1. The van der Waals surface area contributed by atoms with E-state index in [0.29, 0.717) is 17.6 Å². The van der Waals surface area contributed by atoms with E-state index in [1.807, 2.05) is 18.2 Å². The van der Waals surface area contributed by atoms with Gasteiger partial charge in [-0.3, -0.25) is 4.57 Å². The highest BCUT2D eigenvalue weighted by molar-refractivity contribution is 6.18. The number of aromatic nitrogens is 4. The minimum atomic E-state index is 0.597. The molecule has 0 saturated carbocycles. The van der Waals surface area contributed by atoms with Crippen molar-refractivity contribution in [3.8, 4) is 28.7 Å². The lowest BCUT2D eigenvalue weighted by atomic mass is 9.96. The van der Waals surface area contributed by atoms with E-state index in [9.17, 15) is 0 Å². The van der Waals surface area contributed by atoms with Crippen molar-refractivity contribution in [3.63, 3.8) is 0 Å². The SMILES string of the molecule is c1ccc(-c2nc(-c3ccc4ccc5c6ccccc6ccc5c4c3)nc(-n3c4ccccc4c4cc5ccccc5cc43)n2)cc1. The van der Waals surface area contributed by atoms with E-state index in [1.54, 1.807) is 0 Å². The summed E-state index contributed by atoms with van der Waals surface area (Å²) in [5, 5.41) is 12.0. The highest BCUT2D eigenvalue weighted by Crippen LogP contribution is 2.36. The Bertz CT molecular complexity index is 2850. The summed E-state index contributed by atoms with van der Waals surface area (Å²) in [7, 11) is 0. The predicted octanol–water partition coefficient (Wildman–Crippen LogP) is 10.9. The summed E-state index contributed by atoms with van der Waals surface area (Å²) in [4.78, 5) is 15.5. The van der Waals surface area contributed by atoms with Crippen LogP contribution in [0.3, 0.4) is 0 Å². The van der Waals surface area contributed by atoms with Crippen molar-refractivity contribution in [1.82, 2.24) is 19.5 Å². The van der Waals surface area contributed by atoms with Gasteiger partial charge in [-0.25, -0.2) is 4.98 Å². The average molecular weight is 599 g/mol. The maximum atomic E-state index is 5.23. The number of fused-ring (bicyclic) bond motifs is 9. The van der Waals surface area contributed by atoms with Gasteiger partial charge in [0.15, 0.2) is 11.6 Å². The fourth-order valence-corrected chi connectivity index (χ4v) is 7.14. The molecule has 47 heavy (non-hydrogen) atoms. The molecule has 8 aromatic carbocycles. The van der Waals surface area contributed by atoms with Gasteiger partial charge < -0.3 is 0 Å². The van der Waals surface area contributed by atoms with Crippen LogP contribution in [0.15, 0.2) is 158 Å². The molecule has 218 valence electrons. The first-order valence-corrected chi connectivity index (χ1v) is 15.9. The fraction of sp³-hybridized carbons (Fsp3) is 0. The Kier molecular flexibility index (Phi) is 5.54. The molecule has 0 amide bonds. The molecule has 4 nitrogen and oxygen atoms in total. The second-order valence-corrected chi connectivity index (χ2v) is 12.1. The molecule has 0 N–H and O–H groups in total. The lowest BCUT2D eigenvalue weighted by Gasteiger charge is -2.12. The Labute approximate surface area is 270 Å². The average Bonchev–Trinajstić information content (AvgIpc) is 3.46. The van der Waals surface area contributed by atoms with Crippen LogP contribution in [0.2, 0.25) is 0 Å². The number of nitrogens with zero attached hydrogens (tertiary/aromatic N) is 4. The smallest absolute Gasteiger partial charge is 0.238 e. The van der Waals surface area contributed by atoms with E-state index in [1.165, 1.54) is 53.9 Å². The van der Waals surface area contributed by atoms with E-state index in [-0.39, 0.29) is 0 Å². The molecule has 0 unspecified atom stereocenters. The highest BCUT2D eigenvalue weighted by Gasteiger charge is 2.18. The number of para-hydroxylation sites is 1. The van der Waals surface area contributed by atoms with Crippen LogP contribution in [0.25, 0.3) is 93.6 Å². The van der Waals surface area contributed by atoms with Gasteiger partial charge in [-0.05, 0) is 67.4 Å². The Morgan fingerprint density at radius 3 is 1.72 bits per heavy atom. The second-order valence-electron chi connectivity index (χ2n) is 12.1. The van der Waals surface area contributed by atoms with Gasteiger partial charge in [0.2, 0.25) is 5.95 Å². The van der Waals surface area contributed by atoms with Crippen molar-refractivity contribution < 1.29 is 0 Å². The molecule has 4 heteroatoms. The van der Waals surface area contributed by atoms with E-state index in [4.69, 9.17) is 15.0 Å². The monoisotopic (exact) mass is 598 g/mol. The lowest BCUT2D eigenvalue weighted by Crippen LogP contribution is -2.06. The standard InChI is InChI=1S/C43H26N4/c1-2-11-29(12-3-1)41-44-42(32-19-18-28-21-22-34-33-15-7-6-10-27(33)20-23-35(34)37(28)25-32)46-43(45-41)47-39-17-9-8-16-36(39)38-24-30-13-4-5-14-31(30)26-40(38)47/h1-26H. The van der Waals surface area contributed by atoms with E-state index in [2.05, 4.69) is 144 Å². The number of hydrogen-bond acceptors (Lipinski definition) is 3. The molecular weight excluding hydrogens is 573 g/mol. The zero-order chi connectivity index (χ0) is 30.9. The zero-order valence-electron chi connectivity index (χ0n) is 25.3. The van der Waals surface area contributed by atoms with Gasteiger partial charge >= 0.3 is 0 Å². The summed E-state index contributed by atoms with van der Waals surface area (Å²) in [5.41, 5.74) is 4.02. The summed E-state index contributed by atoms with van der Waals surface area (Å²) < 4.78 is 2.19. The third kappa shape index (κ3) is 4.05. The minimum absolute atomic E-state index is 0.597. The number of rotatable bonds is 3. The zero-order valence-corrected chi connectivity index (χ0v) is 25.3. The van der Waals surface area contributed by atoms with Crippen LogP contribution < -0.4 is 0 Å². The van der Waals surface area contributed by atoms with Gasteiger partial charge in [0.1, 0.15) is 0 Å². The molecule has 10 rings (SSSR count).